The van der Waals surface area contributed by atoms with Crippen molar-refractivity contribution in [1.82, 2.24) is 10.5 Å². The molecule has 0 saturated carbocycles. The number of pyridine rings is 1. The lowest BCUT2D eigenvalue weighted by molar-refractivity contribution is 0.0701. The van der Waals surface area contributed by atoms with Gasteiger partial charge in [-0.2, -0.15) is 0 Å². The number of benzene rings is 1. The number of anilines is 1. The highest BCUT2D eigenvalue weighted by Gasteiger charge is 2.08. The van der Waals surface area contributed by atoms with Gasteiger partial charge in [0.2, 0.25) is 0 Å². The fourth-order valence-corrected chi connectivity index (χ4v) is 1.38. The van der Waals surface area contributed by atoms with Gasteiger partial charge in [0.1, 0.15) is 5.69 Å². The predicted molar refractivity (Wildman–Crippen MR) is 55.4 cm³/mol. The van der Waals surface area contributed by atoms with E-state index >= 15 is 0 Å². The first-order valence-electron chi connectivity index (χ1n) is 4.32. The Labute approximate surface area is 85.5 Å². The minimum absolute atomic E-state index is 0.0914. The van der Waals surface area contributed by atoms with E-state index in [-0.39, 0.29) is 5.69 Å². The molecule has 4 N–H and O–H groups in total. The van der Waals surface area contributed by atoms with Crippen LogP contribution in [0, 0.1) is 0 Å². The van der Waals surface area contributed by atoms with Crippen LogP contribution in [0.25, 0.3) is 10.9 Å². The summed E-state index contributed by atoms with van der Waals surface area (Å²) in [4.78, 5) is 15.2. The number of carbonyl (C=O) groups excluding carboxylic acids is 1. The molecule has 0 aliphatic carbocycles. The van der Waals surface area contributed by atoms with E-state index in [0.29, 0.717) is 11.2 Å². The summed E-state index contributed by atoms with van der Waals surface area (Å²) < 4.78 is 0. The number of nitrogens with one attached hydrogen (secondary N) is 1. The highest BCUT2D eigenvalue weighted by atomic mass is 16.5. The Kier molecular flexibility index (Phi) is 2.23. The summed E-state index contributed by atoms with van der Waals surface area (Å²) in [5.74, 6) is -0.674. The smallest absolute Gasteiger partial charge is 0.293 e. The lowest BCUT2D eigenvalue weighted by Gasteiger charge is -2.04. The fourth-order valence-electron chi connectivity index (χ4n) is 1.38. The summed E-state index contributed by atoms with van der Waals surface area (Å²) in [6, 6.07) is 8.63. The molecule has 15 heavy (non-hydrogen) atoms. The number of rotatable bonds is 1. The van der Waals surface area contributed by atoms with Gasteiger partial charge in [-0.15, -0.1) is 0 Å². The molecule has 5 nitrogen and oxygen atoms in total. The van der Waals surface area contributed by atoms with Crippen LogP contribution in [-0.2, 0) is 0 Å². The van der Waals surface area contributed by atoms with Gasteiger partial charge >= 0.3 is 0 Å². The monoisotopic (exact) mass is 203 g/mol. The zero-order chi connectivity index (χ0) is 10.8. The Morgan fingerprint density at radius 3 is 2.87 bits per heavy atom. The molecule has 1 aromatic carbocycles. The second-order valence-electron chi connectivity index (χ2n) is 3.05. The number of aromatic nitrogens is 1. The molecule has 0 aliphatic rings. The number of hydroxylamine groups is 1. The Hall–Kier alpha value is -2.14. The first kappa shape index (κ1) is 9.42. The van der Waals surface area contributed by atoms with Gasteiger partial charge in [-0.1, -0.05) is 18.2 Å². The highest BCUT2D eigenvalue weighted by Crippen LogP contribution is 2.19. The summed E-state index contributed by atoms with van der Waals surface area (Å²) in [7, 11) is 0. The van der Waals surface area contributed by atoms with Crippen molar-refractivity contribution in [3.8, 4) is 0 Å². The Morgan fingerprint density at radius 2 is 2.13 bits per heavy atom. The van der Waals surface area contributed by atoms with Gasteiger partial charge < -0.3 is 5.73 Å². The topological polar surface area (TPSA) is 88.2 Å². The molecule has 0 saturated heterocycles. The molecule has 0 fully saturated rings. The minimum atomic E-state index is -0.674. The molecule has 76 valence electrons. The zero-order valence-electron chi connectivity index (χ0n) is 7.77. The number of nitrogens with two attached hydrogens (primary N) is 1. The molecule has 0 atom stereocenters. The summed E-state index contributed by atoms with van der Waals surface area (Å²) in [6.45, 7) is 0. The van der Waals surface area contributed by atoms with Gasteiger partial charge in [-0.05, 0) is 12.1 Å². The number of carbonyl (C=O) groups is 1. The van der Waals surface area contributed by atoms with Gasteiger partial charge in [0.25, 0.3) is 5.91 Å². The van der Waals surface area contributed by atoms with Gasteiger partial charge in [0.05, 0.1) is 5.52 Å². The van der Waals surface area contributed by atoms with Crippen LogP contribution in [0.3, 0.4) is 0 Å². The van der Waals surface area contributed by atoms with Crippen LogP contribution in [-0.4, -0.2) is 16.1 Å². The van der Waals surface area contributed by atoms with Crippen LogP contribution in [0.4, 0.5) is 5.69 Å². The van der Waals surface area contributed by atoms with E-state index in [0.717, 1.165) is 5.39 Å². The summed E-state index contributed by atoms with van der Waals surface area (Å²) in [6.07, 6.45) is 0. The van der Waals surface area contributed by atoms with E-state index in [2.05, 4.69) is 4.98 Å². The number of nitrogens with zero attached hydrogens (tertiary/aromatic N) is 1. The van der Waals surface area contributed by atoms with Gasteiger partial charge in [0.15, 0.2) is 0 Å². The number of hydrogen-bond acceptors (Lipinski definition) is 4. The maximum absolute atomic E-state index is 11.1. The van der Waals surface area contributed by atoms with Crippen molar-refractivity contribution >= 4 is 22.5 Å². The second kappa shape index (κ2) is 3.55. The van der Waals surface area contributed by atoms with Gasteiger partial charge in [-0.25, -0.2) is 10.5 Å². The molecule has 0 unspecified atom stereocenters. The quantitative estimate of drug-likeness (QED) is 0.475. The molecule has 1 aromatic heterocycles. The maximum Gasteiger partial charge on any atom is 0.293 e. The SMILES string of the molecule is Nc1cc(C(=O)NO)nc2ccccc12. The number of nitrogen functional groups attached to an aromatic ring is 1. The van der Waals surface area contributed by atoms with Crippen molar-refractivity contribution in [3.63, 3.8) is 0 Å². The van der Waals surface area contributed by atoms with Crippen LogP contribution < -0.4 is 11.2 Å². The summed E-state index contributed by atoms with van der Waals surface area (Å²) in [5, 5.41) is 9.26. The van der Waals surface area contributed by atoms with Crippen LogP contribution in [0.1, 0.15) is 10.5 Å². The lowest BCUT2D eigenvalue weighted by atomic mass is 10.1. The first-order valence-corrected chi connectivity index (χ1v) is 4.32. The maximum atomic E-state index is 11.1. The molecule has 1 amide bonds. The third-order valence-corrected chi connectivity index (χ3v) is 2.08. The molecule has 2 aromatic rings. The van der Waals surface area contributed by atoms with E-state index in [1.54, 1.807) is 12.1 Å². The molecular formula is C10H9N3O2. The molecule has 0 aliphatic heterocycles. The highest BCUT2D eigenvalue weighted by molar-refractivity contribution is 5.98. The number of amides is 1. The van der Waals surface area contributed by atoms with Crippen molar-refractivity contribution in [2.24, 2.45) is 0 Å². The van der Waals surface area contributed by atoms with Crippen LogP contribution in [0.5, 0.6) is 0 Å². The molecule has 5 heteroatoms. The lowest BCUT2D eigenvalue weighted by Crippen LogP contribution is -2.20. The van der Waals surface area contributed by atoms with E-state index in [9.17, 15) is 4.79 Å². The molecule has 0 bridgehead atoms. The third kappa shape index (κ3) is 1.60. The van der Waals surface area contributed by atoms with Crippen molar-refractivity contribution in [2.45, 2.75) is 0 Å². The standard InChI is InChI=1S/C10H9N3O2/c11-7-5-9(10(14)13-15)12-8-4-2-1-3-6(7)8/h1-5,15H,(H2,11,12)(H,13,14). The van der Waals surface area contributed by atoms with Gasteiger partial charge in [0, 0.05) is 11.1 Å². The molecule has 0 radical (unpaired) electrons. The number of fused-ring (bicyclic) bond motifs is 1. The normalized spacial score (nSPS) is 10.2. The van der Waals surface area contributed by atoms with Crippen molar-refractivity contribution in [2.75, 3.05) is 5.73 Å². The number of para-hydroxylation sites is 1. The minimum Gasteiger partial charge on any atom is -0.398 e. The van der Waals surface area contributed by atoms with E-state index < -0.39 is 5.91 Å². The molecule has 2 rings (SSSR count). The summed E-state index contributed by atoms with van der Waals surface area (Å²) >= 11 is 0. The van der Waals surface area contributed by atoms with Gasteiger partial charge in [-0.3, -0.25) is 10.0 Å². The van der Waals surface area contributed by atoms with E-state index in [1.165, 1.54) is 11.5 Å². The third-order valence-electron chi connectivity index (χ3n) is 2.08. The summed E-state index contributed by atoms with van der Waals surface area (Å²) in [5.41, 5.74) is 8.43. The largest absolute Gasteiger partial charge is 0.398 e. The first-order chi connectivity index (χ1) is 7.22. The Balaban J connectivity index is 2.67. The fraction of sp³-hybridized carbons (Fsp3) is 0. The van der Waals surface area contributed by atoms with Crippen molar-refractivity contribution in [3.05, 3.63) is 36.0 Å². The zero-order valence-corrected chi connectivity index (χ0v) is 7.77. The van der Waals surface area contributed by atoms with Crippen LogP contribution in [0.2, 0.25) is 0 Å². The average Bonchev–Trinajstić information content (AvgIpc) is 2.28. The Morgan fingerprint density at radius 1 is 1.40 bits per heavy atom. The molecule has 1 heterocycles. The van der Waals surface area contributed by atoms with Crippen molar-refractivity contribution in [1.29, 1.82) is 0 Å². The molecular weight excluding hydrogens is 194 g/mol. The predicted octanol–water partition coefficient (Wildman–Crippen LogP) is 0.936. The van der Waals surface area contributed by atoms with E-state index in [4.69, 9.17) is 10.9 Å². The van der Waals surface area contributed by atoms with Crippen LogP contribution >= 0.6 is 0 Å². The number of hydrogen-bond donors (Lipinski definition) is 3. The Bertz CT molecular complexity index is 525. The van der Waals surface area contributed by atoms with E-state index in [1.807, 2.05) is 12.1 Å². The second-order valence-corrected chi connectivity index (χ2v) is 3.05. The van der Waals surface area contributed by atoms with Crippen molar-refractivity contribution < 1.29 is 10.0 Å². The van der Waals surface area contributed by atoms with Crippen LogP contribution in [0.15, 0.2) is 30.3 Å². The molecule has 0 spiro atoms. The average molecular weight is 203 g/mol.